The molecule has 1 aliphatic heterocycles. The largest absolute Gasteiger partial charge is 0.481 e. The van der Waals surface area contributed by atoms with Crippen molar-refractivity contribution in [1.82, 2.24) is 5.32 Å². The Morgan fingerprint density at radius 2 is 2.32 bits per heavy atom. The smallest absolute Gasteiger partial charge is 0.260 e. The molecule has 1 aromatic rings. The summed E-state index contributed by atoms with van der Waals surface area (Å²) in [6.07, 6.45) is 4.04. The molecule has 2 aliphatic rings. The van der Waals surface area contributed by atoms with E-state index in [0.717, 1.165) is 37.2 Å². The van der Waals surface area contributed by atoms with Gasteiger partial charge < -0.3 is 15.4 Å². The van der Waals surface area contributed by atoms with E-state index in [1.165, 1.54) is 12.0 Å². The third-order valence-electron chi connectivity index (χ3n) is 3.63. The third kappa shape index (κ3) is 3.00. The van der Waals surface area contributed by atoms with Crippen molar-refractivity contribution in [1.29, 1.82) is 0 Å². The van der Waals surface area contributed by atoms with Crippen LogP contribution < -0.4 is 15.4 Å². The maximum absolute atomic E-state index is 11.8. The number of ether oxygens (including phenoxy) is 1. The topological polar surface area (TPSA) is 50.4 Å². The minimum absolute atomic E-state index is 0.0202. The lowest BCUT2D eigenvalue weighted by molar-refractivity contribution is -0.127. The predicted octanol–water partition coefficient (Wildman–Crippen LogP) is 2.09. The van der Waals surface area contributed by atoms with Gasteiger partial charge in [-0.05, 0) is 44.2 Å². The summed E-state index contributed by atoms with van der Waals surface area (Å²) in [7, 11) is 0. The predicted molar refractivity (Wildman–Crippen MR) is 74.5 cm³/mol. The Labute approximate surface area is 113 Å². The van der Waals surface area contributed by atoms with Crippen molar-refractivity contribution in [3.63, 3.8) is 0 Å². The van der Waals surface area contributed by atoms with Crippen molar-refractivity contribution < 1.29 is 9.53 Å². The number of amides is 1. The van der Waals surface area contributed by atoms with Gasteiger partial charge >= 0.3 is 0 Å². The Hall–Kier alpha value is -1.71. The van der Waals surface area contributed by atoms with Crippen LogP contribution in [-0.4, -0.2) is 24.6 Å². The maximum Gasteiger partial charge on any atom is 0.260 e. The molecule has 1 fully saturated rings. The monoisotopic (exact) mass is 260 g/mol. The zero-order valence-corrected chi connectivity index (χ0v) is 11.2. The summed E-state index contributed by atoms with van der Waals surface area (Å²) < 4.78 is 5.72. The molecular weight excluding hydrogens is 240 g/mol. The van der Waals surface area contributed by atoms with E-state index in [-0.39, 0.29) is 5.91 Å². The molecule has 102 valence electrons. The zero-order valence-electron chi connectivity index (χ0n) is 11.2. The molecule has 1 saturated carbocycles. The van der Waals surface area contributed by atoms with E-state index in [4.69, 9.17) is 4.74 Å². The van der Waals surface area contributed by atoms with E-state index in [1.54, 1.807) is 6.92 Å². The fourth-order valence-corrected chi connectivity index (χ4v) is 2.32. The molecule has 2 N–H and O–H groups in total. The van der Waals surface area contributed by atoms with Gasteiger partial charge in [0.25, 0.3) is 5.91 Å². The summed E-state index contributed by atoms with van der Waals surface area (Å²) in [6.45, 7) is 2.80. The van der Waals surface area contributed by atoms with Crippen molar-refractivity contribution in [2.75, 3.05) is 11.9 Å². The van der Waals surface area contributed by atoms with Crippen molar-refractivity contribution in [2.45, 2.75) is 44.8 Å². The molecule has 1 heterocycles. The van der Waals surface area contributed by atoms with Crippen LogP contribution in [0.3, 0.4) is 0 Å². The number of hydrogen-bond donors (Lipinski definition) is 2. The van der Waals surface area contributed by atoms with Crippen molar-refractivity contribution in [3.8, 4) is 5.75 Å². The average Bonchev–Trinajstić information content (AvgIpc) is 3.22. The second-order valence-corrected chi connectivity index (χ2v) is 5.39. The summed E-state index contributed by atoms with van der Waals surface area (Å²) >= 11 is 0. The second kappa shape index (κ2) is 5.11. The molecule has 0 aromatic heterocycles. The first-order chi connectivity index (χ1) is 9.22. The minimum Gasteiger partial charge on any atom is -0.481 e. The van der Waals surface area contributed by atoms with E-state index in [1.807, 2.05) is 12.1 Å². The van der Waals surface area contributed by atoms with Crippen LogP contribution >= 0.6 is 0 Å². The first-order valence-corrected chi connectivity index (χ1v) is 7.06. The van der Waals surface area contributed by atoms with Crippen LogP contribution in [-0.2, 0) is 11.2 Å². The normalized spacial score (nSPS) is 19.0. The summed E-state index contributed by atoms with van der Waals surface area (Å²) in [5.74, 6) is 0.736. The summed E-state index contributed by atoms with van der Waals surface area (Å²) in [5.41, 5.74) is 2.47. The molecule has 0 radical (unpaired) electrons. The Bertz CT molecular complexity index is 483. The number of rotatable bonds is 4. The Balaban J connectivity index is 1.63. The highest BCUT2D eigenvalue weighted by atomic mass is 16.5. The van der Waals surface area contributed by atoms with Crippen molar-refractivity contribution in [2.24, 2.45) is 0 Å². The van der Waals surface area contributed by atoms with Crippen molar-refractivity contribution >= 4 is 11.6 Å². The SMILES string of the molecule is CC(Oc1ccc2c(c1)NCCC2)C(=O)NC1CC1. The number of hydrogen-bond acceptors (Lipinski definition) is 3. The van der Waals surface area contributed by atoms with E-state index in [2.05, 4.69) is 16.7 Å². The van der Waals surface area contributed by atoms with Crippen LogP contribution in [0.25, 0.3) is 0 Å². The Kier molecular flexibility index (Phi) is 3.32. The minimum atomic E-state index is -0.442. The molecule has 4 nitrogen and oxygen atoms in total. The van der Waals surface area contributed by atoms with Gasteiger partial charge in [-0.25, -0.2) is 0 Å². The molecule has 4 heteroatoms. The van der Waals surface area contributed by atoms with Crippen LogP contribution in [0.4, 0.5) is 5.69 Å². The third-order valence-corrected chi connectivity index (χ3v) is 3.63. The number of anilines is 1. The molecule has 1 amide bonds. The zero-order chi connectivity index (χ0) is 13.2. The Morgan fingerprint density at radius 1 is 1.47 bits per heavy atom. The van der Waals surface area contributed by atoms with Crippen LogP contribution in [0.1, 0.15) is 31.7 Å². The van der Waals surface area contributed by atoms with E-state index >= 15 is 0 Å². The molecule has 0 saturated heterocycles. The number of nitrogens with one attached hydrogen (secondary N) is 2. The molecular formula is C15H20N2O2. The van der Waals surface area contributed by atoms with E-state index in [0.29, 0.717) is 6.04 Å². The van der Waals surface area contributed by atoms with Gasteiger partial charge in [-0.3, -0.25) is 4.79 Å². The highest BCUT2D eigenvalue weighted by molar-refractivity contribution is 5.81. The van der Waals surface area contributed by atoms with Crippen molar-refractivity contribution in [3.05, 3.63) is 23.8 Å². The van der Waals surface area contributed by atoms with Gasteiger partial charge in [0.15, 0.2) is 6.10 Å². The van der Waals surface area contributed by atoms with Gasteiger partial charge in [0.1, 0.15) is 5.75 Å². The fraction of sp³-hybridized carbons (Fsp3) is 0.533. The standard InChI is InChI=1S/C15H20N2O2/c1-10(15(18)17-12-5-6-12)19-13-7-4-11-3-2-8-16-14(11)9-13/h4,7,9-10,12,16H,2-3,5-6,8H2,1H3,(H,17,18). The van der Waals surface area contributed by atoms with E-state index in [9.17, 15) is 4.79 Å². The molecule has 1 aromatic carbocycles. The average molecular weight is 260 g/mol. The van der Waals surface area contributed by atoms with Gasteiger partial charge in [0, 0.05) is 24.3 Å². The van der Waals surface area contributed by atoms with Crippen LogP contribution in [0.2, 0.25) is 0 Å². The number of benzene rings is 1. The lowest BCUT2D eigenvalue weighted by Gasteiger charge is -2.20. The first kappa shape index (κ1) is 12.3. The van der Waals surface area contributed by atoms with Gasteiger partial charge in [-0.15, -0.1) is 0 Å². The van der Waals surface area contributed by atoms with Crippen LogP contribution in [0.5, 0.6) is 5.75 Å². The van der Waals surface area contributed by atoms with E-state index < -0.39 is 6.10 Å². The summed E-state index contributed by atoms with van der Waals surface area (Å²) in [5, 5.41) is 6.32. The summed E-state index contributed by atoms with van der Waals surface area (Å²) in [6, 6.07) is 6.41. The number of carbonyl (C=O) groups excluding carboxylic acids is 1. The fourth-order valence-electron chi connectivity index (χ4n) is 2.32. The Morgan fingerprint density at radius 3 is 3.11 bits per heavy atom. The quantitative estimate of drug-likeness (QED) is 0.871. The lowest BCUT2D eigenvalue weighted by atomic mass is 10.0. The number of aryl methyl sites for hydroxylation is 1. The highest BCUT2D eigenvalue weighted by Gasteiger charge is 2.26. The maximum atomic E-state index is 11.8. The molecule has 19 heavy (non-hydrogen) atoms. The van der Waals surface area contributed by atoms with Gasteiger partial charge in [-0.2, -0.15) is 0 Å². The molecule has 0 bridgehead atoms. The first-order valence-electron chi connectivity index (χ1n) is 7.06. The van der Waals surface area contributed by atoms with Crippen LogP contribution in [0.15, 0.2) is 18.2 Å². The molecule has 1 aliphatic carbocycles. The lowest BCUT2D eigenvalue weighted by Crippen LogP contribution is -2.37. The van der Waals surface area contributed by atoms with Crippen LogP contribution in [0, 0.1) is 0 Å². The second-order valence-electron chi connectivity index (χ2n) is 5.39. The van der Waals surface area contributed by atoms with Gasteiger partial charge in [0.2, 0.25) is 0 Å². The molecule has 1 atom stereocenters. The molecule has 3 rings (SSSR count). The molecule has 0 spiro atoms. The number of fused-ring (bicyclic) bond motifs is 1. The van der Waals surface area contributed by atoms with Gasteiger partial charge in [0.05, 0.1) is 0 Å². The highest BCUT2D eigenvalue weighted by Crippen LogP contribution is 2.27. The number of carbonyl (C=O) groups is 1. The summed E-state index contributed by atoms with van der Waals surface area (Å²) in [4.78, 5) is 11.8. The molecule has 1 unspecified atom stereocenters. The van der Waals surface area contributed by atoms with Gasteiger partial charge in [-0.1, -0.05) is 6.07 Å².